The number of carboxylic acids is 1. The van der Waals surface area contributed by atoms with Crippen molar-refractivity contribution in [2.75, 3.05) is 0 Å². The first-order chi connectivity index (χ1) is 11.6. The third-order valence-electron chi connectivity index (χ3n) is 2.71. The van der Waals surface area contributed by atoms with Crippen LogP contribution in [-0.2, 0) is 4.79 Å². The highest BCUT2D eigenvalue weighted by Crippen LogP contribution is 2.28. The van der Waals surface area contributed by atoms with Crippen molar-refractivity contribution in [2.45, 2.75) is 0 Å². The maximum absolute atomic E-state index is 11.4. The van der Waals surface area contributed by atoms with E-state index in [2.05, 4.69) is 4.98 Å². The molecule has 0 aromatic heterocycles. The second kappa shape index (κ2) is 8.85. The Hall–Kier alpha value is -2.86. The van der Waals surface area contributed by atoms with Crippen molar-refractivity contribution in [3.05, 3.63) is 69.7 Å². The first-order valence-electron chi connectivity index (χ1n) is 6.64. The monoisotopic (exact) mass is 372 g/mol. The summed E-state index contributed by atoms with van der Waals surface area (Å²) in [4.78, 5) is 14.5. The molecule has 0 aliphatic carbocycles. The summed E-state index contributed by atoms with van der Waals surface area (Å²) in [6, 6.07) is 13.3. The summed E-state index contributed by atoms with van der Waals surface area (Å²) >= 11 is 5.88. The highest BCUT2D eigenvalue weighted by atomic mass is 35.5. The number of hydrogen-bond donors (Lipinski definition) is 1. The molecular formula is C15H10BClF4N2O2. The molecule has 0 radical (unpaired) electrons. The van der Waals surface area contributed by atoms with Crippen LogP contribution in [0.3, 0.4) is 0 Å². The van der Waals surface area contributed by atoms with Crippen molar-refractivity contribution < 1.29 is 27.2 Å². The zero-order chi connectivity index (χ0) is 19.0. The lowest BCUT2D eigenvalue weighted by Crippen LogP contribution is -2.02. The fourth-order valence-electron chi connectivity index (χ4n) is 1.77. The van der Waals surface area contributed by atoms with Gasteiger partial charge in [0, 0.05) is 11.1 Å². The Morgan fingerprint density at radius 1 is 1.12 bits per heavy atom. The molecule has 0 aliphatic heterocycles. The van der Waals surface area contributed by atoms with Crippen LogP contribution in [0.1, 0.15) is 11.1 Å². The van der Waals surface area contributed by atoms with Crippen molar-refractivity contribution in [3.63, 3.8) is 0 Å². The number of halogens is 5. The molecule has 2 aromatic carbocycles. The number of benzene rings is 2. The Balaban J connectivity index is 0.000000550. The number of rotatable bonds is 3. The molecule has 25 heavy (non-hydrogen) atoms. The lowest BCUT2D eigenvalue weighted by Gasteiger charge is -2.02. The van der Waals surface area contributed by atoms with Crippen molar-refractivity contribution in [1.82, 2.24) is 0 Å². The molecule has 0 aliphatic rings. The van der Waals surface area contributed by atoms with Gasteiger partial charge < -0.3 is 22.4 Å². The molecule has 0 amide bonds. The molecule has 0 spiro atoms. The third-order valence-corrected chi connectivity index (χ3v) is 2.95. The highest BCUT2D eigenvalue weighted by molar-refractivity contribution is 6.50. The van der Waals surface area contributed by atoms with Crippen LogP contribution in [0, 0.1) is 5.39 Å². The normalized spacial score (nSPS) is 11.1. The van der Waals surface area contributed by atoms with Crippen molar-refractivity contribution in [1.29, 1.82) is 5.39 Å². The van der Waals surface area contributed by atoms with Gasteiger partial charge in [0.25, 0.3) is 0 Å². The fraction of sp³-hybridized carbons (Fsp3) is 0. The molecule has 1 N–H and O–H groups in total. The van der Waals surface area contributed by atoms with Gasteiger partial charge >= 0.3 is 18.9 Å². The lowest BCUT2D eigenvalue weighted by molar-refractivity contribution is -0.130. The number of diazo groups is 1. The van der Waals surface area contributed by atoms with E-state index in [4.69, 9.17) is 17.0 Å². The summed E-state index contributed by atoms with van der Waals surface area (Å²) < 4.78 is 39.0. The molecule has 0 heterocycles. The Labute approximate surface area is 145 Å². The van der Waals surface area contributed by atoms with Crippen LogP contribution in [0.5, 0.6) is 0 Å². The number of aliphatic carboxylic acids is 1. The van der Waals surface area contributed by atoms with E-state index in [0.29, 0.717) is 16.1 Å². The van der Waals surface area contributed by atoms with Crippen LogP contribution in [0.25, 0.3) is 16.6 Å². The van der Waals surface area contributed by atoms with E-state index in [9.17, 15) is 27.2 Å². The van der Waals surface area contributed by atoms with Crippen LogP contribution in [0.2, 0.25) is 5.02 Å². The minimum atomic E-state index is -6.00. The summed E-state index contributed by atoms with van der Waals surface area (Å²) in [5.41, 5.74) is 1.34. The Kier molecular flexibility index (Phi) is 7.14. The van der Waals surface area contributed by atoms with E-state index in [1.165, 1.54) is 12.1 Å². The summed E-state index contributed by atoms with van der Waals surface area (Å²) in [5.74, 6) is -1.07. The Bertz CT molecular complexity index is 815. The van der Waals surface area contributed by atoms with Crippen LogP contribution in [0.4, 0.5) is 23.0 Å². The van der Waals surface area contributed by atoms with Crippen molar-refractivity contribution in [3.8, 4) is 0 Å². The average Bonchev–Trinajstić information content (AvgIpc) is 2.51. The molecule has 2 aromatic rings. The van der Waals surface area contributed by atoms with Crippen molar-refractivity contribution in [2.24, 2.45) is 0 Å². The Morgan fingerprint density at radius 2 is 1.68 bits per heavy atom. The minimum absolute atomic E-state index is 0.0952. The molecule has 4 nitrogen and oxygen atoms in total. The van der Waals surface area contributed by atoms with Crippen LogP contribution in [-0.4, -0.2) is 18.3 Å². The SMILES string of the molecule is F[B-](F)(F)F.N#[N+]c1ccc(Cl)cc1/C=C(/C(=O)O)c1ccccc1. The molecule has 2 rings (SSSR count). The number of carbonyl (C=O) groups is 1. The molecule has 0 unspecified atom stereocenters. The standard InChI is InChI=1S/C15H9ClN2O2.BF4/c16-12-6-7-14(18-17)11(8-12)9-13(15(19)20)10-4-2-1-3-5-10;2-1(3,4)5/h1-9H;/q;-1/p+1/b13-9+;. The van der Waals surface area contributed by atoms with E-state index in [0.717, 1.165) is 0 Å². The zero-order valence-corrected chi connectivity index (χ0v) is 13.2. The fourth-order valence-corrected chi connectivity index (χ4v) is 1.95. The van der Waals surface area contributed by atoms with Crippen LogP contribution >= 0.6 is 11.6 Å². The average molecular weight is 373 g/mol. The molecule has 10 heteroatoms. The smallest absolute Gasteiger partial charge is 0.478 e. The molecule has 0 bridgehead atoms. The topological polar surface area (TPSA) is 65.5 Å². The van der Waals surface area contributed by atoms with Gasteiger partial charge in [-0.3, -0.25) is 0 Å². The van der Waals surface area contributed by atoms with E-state index in [1.54, 1.807) is 42.5 Å². The maximum atomic E-state index is 11.4. The zero-order valence-electron chi connectivity index (χ0n) is 12.4. The van der Waals surface area contributed by atoms with E-state index in [1.807, 2.05) is 0 Å². The first kappa shape index (κ1) is 20.2. The Morgan fingerprint density at radius 3 is 2.16 bits per heavy atom. The van der Waals surface area contributed by atoms with Gasteiger partial charge in [0.05, 0.1) is 11.1 Å². The predicted octanol–water partition coefficient (Wildman–Crippen LogP) is 5.75. The maximum Gasteiger partial charge on any atom is 0.673 e. The molecule has 0 saturated heterocycles. The molecule has 130 valence electrons. The minimum Gasteiger partial charge on any atom is -0.478 e. The largest absolute Gasteiger partial charge is 0.673 e. The molecular weight excluding hydrogens is 362 g/mol. The van der Waals surface area contributed by atoms with E-state index < -0.39 is 13.2 Å². The molecule has 0 atom stereocenters. The predicted molar refractivity (Wildman–Crippen MR) is 88.3 cm³/mol. The number of nitrogens with zero attached hydrogens (tertiary/aromatic N) is 2. The van der Waals surface area contributed by atoms with Gasteiger partial charge in [-0.2, -0.15) is 0 Å². The van der Waals surface area contributed by atoms with Crippen LogP contribution in [0.15, 0.2) is 48.5 Å². The van der Waals surface area contributed by atoms with Gasteiger partial charge in [0.1, 0.15) is 0 Å². The van der Waals surface area contributed by atoms with Gasteiger partial charge in [-0.05, 0) is 23.8 Å². The molecule has 0 fully saturated rings. The highest BCUT2D eigenvalue weighted by Gasteiger charge is 2.20. The van der Waals surface area contributed by atoms with Crippen molar-refractivity contribution >= 4 is 42.2 Å². The summed E-state index contributed by atoms with van der Waals surface area (Å²) in [6.07, 6.45) is 1.43. The van der Waals surface area contributed by atoms with Gasteiger partial charge in [0.15, 0.2) is 4.98 Å². The van der Waals surface area contributed by atoms with Gasteiger partial charge in [-0.25, -0.2) is 4.79 Å². The first-order valence-corrected chi connectivity index (χ1v) is 7.02. The second-order valence-corrected chi connectivity index (χ2v) is 4.96. The van der Waals surface area contributed by atoms with Gasteiger partial charge in [-0.15, -0.1) is 0 Å². The van der Waals surface area contributed by atoms with Crippen LogP contribution < -0.4 is 0 Å². The van der Waals surface area contributed by atoms with Gasteiger partial charge in [-0.1, -0.05) is 41.9 Å². The quantitative estimate of drug-likeness (QED) is 0.245. The van der Waals surface area contributed by atoms with Gasteiger partial charge in [0.2, 0.25) is 5.39 Å². The lowest BCUT2D eigenvalue weighted by atomic mass is 10.0. The van der Waals surface area contributed by atoms with E-state index in [-0.39, 0.29) is 11.3 Å². The molecule has 0 saturated carbocycles. The van der Waals surface area contributed by atoms with E-state index >= 15 is 0 Å². The number of carboxylic acid groups (broad SMARTS) is 1. The summed E-state index contributed by atoms with van der Waals surface area (Å²) in [7, 11) is -6.00. The second-order valence-electron chi connectivity index (χ2n) is 4.53. The number of hydrogen-bond acceptors (Lipinski definition) is 2. The summed E-state index contributed by atoms with van der Waals surface area (Å²) in [5, 5.41) is 18.7. The summed E-state index contributed by atoms with van der Waals surface area (Å²) in [6.45, 7) is 0. The third kappa shape index (κ3) is 7.50.